The second kappa shape index (κ2) is 16.1. The molecule has 0 spiro atoms. The Hall–Kier alpha value is -3.55. The molecule has 0 radical (unpaired) electrons. The molecule has 2 aromatic rings. The van der Waals surface area contributed by atoms with E-state index in [4.69, 9.17) is 15.2 Å². The number of aromatic amines is 1. The summed E-state index contributed by atoms with van der Waals surface area (Å²) in [6.45, 7) is 13.3. The lowest BCUT2D eigenvalue weighted by Crippen LogP contribution is -2.25. The molecule has 248 valence electrons. The number of nitrogens with one attached hydrogen (secondary N) is 1. The zero-order valence-electron chi connectivity index (χ0n) is 28.2. The monoisotopic (exact) mass is 622 g/mol. The Morgan fingerprint density at radius 2 is 1.44 bits per heavy atom. The van der Waals surface area contributed by atoms with Gasteiger partial charge < -0.3 is 25.3 Å². The molecular formula is C37H54N2O6. The average molecular weight is 623 g/mol. The highest BCUT2D eigenvalue weighted by molar-refractivity contribution is 5.96. The molecule has 8 heteroatoms. The molecule has 0 bridgehead atoms. The van der Waals surface area contributed by atoms with Gasteiger partial charge in [-0.3, -0.25) is 4.79 Å². The van der Waals surface area contributed by atoms with Gasteiger partial charge in [-0.2, -0.15) is 0 Å². The number of nitrogens with two attached hydrogens (primary N) is 1. The topological polar surface area (TPSA) is 132 Å². The van der Waals surface area contributed by atoms with Crippen LogP contribution < -0.4 is 11.3 Å². The molecule has 0 aliphatic heterocycles. The summed E-state index contributed by atoms with van der Waals surface area (Å²) in [5.41, 5.74) is 8.20. The van der Waals surface area contributed by atoms with Crippen LogP contribution in [0.4, 0.5) is 0 Å². The van der Waals surface area contributed by atoms with Crippen molar-refractivity contribution in [3.63, 3.8) is 0 Å². The van der Waals surface area contributed by atoms with Crippen LogP contribution in [0.3, 0.4) is 0 Å². The molecule has 2 saturated carbocycles. The molecule has 0 unspecified atom stereocenters. The number of pyridine rings is 1. The SMILES string of the molecule is CCOC(=O)/C=C(/N)CC1CCC(C)(C)CC1.CCOC(=O)c1c(CC2CCC(C)(C)CC2)[nH]c(=O)c(-c2ccccc2)c1O. The lowest BCUT2D eigenvalue weighted by molar-refractivity contribution is -0.137. The van der Waals surface area contributed by atoms with Gasteiger partial charge in [0.2, 0.25) is 0 Å². The molecule has 1 aromatic heterocycles. The number of carbonyl (C=O) groups excluding carboxylic acids is 2. The molecule has 0 atom stereocenters. The van der Waals surface area contributed by atoms with E-state index in [1.165, 1.54) is 31.8 Å². The van der Waals surface area contributed by atoms with Crippen LogP contribution in [0.2, 0.25) is 0 Å². The number of aromatic nitrogens is 1. The summed E-state index contributed by atoms with van der Waals surface area (Å²) in [5, 5.41) is 10.9. The first-order valence-corrected chi connectivity index (χ1v) is 16.6. The summed E-state index contributed by atoms with van der Waals surface area (Å²) in [6, 6.07) is 8.88. The normalized spacial score (nSPS) is 18.4. The van der Waals surface area contributed by atoms with E-state index < -0.39 is 5.97 Å². The molecule has 4 rings (SSSR count). The van der Waals surface area contributed by atoms with Gasteiger partial charge in [0.15, 0.2) is 0 Å². The van der Waals surface area contributed by atoms with Crippen molar-refractivity contribution in [3.8, 4) is 16.9 Å². The van der Waals surface area contributed by atoms with Gasteiger partial charge in [0.25, 0.3) is 5.56 Å². The minimum atomic E-state index is -0.598. The van der Waals surface area contributed by atoms with Crippen molar-refractivity contribution in [2.75, 3.05) is 13.2 Å². The second-order valence-corrected chi connectivity index (χ2v) is 14.2. The number of allylic oxidation sites excluding steroid dienone is 1. The van der Waals surface area contributed by atoms with E-state index >= 15 is 0 Å². The number of aromatic hydroxyl groups is 1. The number of carbonyl (C=O) groups is 2. The van der Waals surface area contributed by atoms with Crippen molar-refractivity contribution >= 4 is 11.9 Å². The molecule has 2 fully saturated rings. The molecule has 2 aliphatic rings. The summed E-state index contributed by atoms with van der Waals surface area (Å²) in [4.78, 5) is 39.5. The van der Waals surface area contributed by atoms with Crippen LogP contribution in [0.1, 0.15) is 115 Å². The number of esters is 2. The smallest absolute Gasteiger partial charge is 0.343 e. The van der Waals surface area contributed by atoms with E-state index in [1.807, 2.05) is 6.07 Å². The molecule has 2 aliphatic carbocycles. The Morgan fingerprint density at radius 1 is 0.911 bits per heavy atom. The van der Waals surface area contributed by atoms with Crippen LogP contribution in [0, 0.1) is 22.7 Å². The molecule has 1 aromatic carbocycles. The van der Waals surface area contributed by atoms with E-state index in [2.05, 4.69) is 32.7 Å². The van der Waals surface area contributed by atoms with E-state index in [-0.39, 0.29) is 35.0 Å². The number of ether oxygens (including phenoxy) is 2. The first-order valence-electron chi connectivity index (χ1n) is 16.6. The van der Waals surface area contributed by atoms with Crippen molar-refractivity contribution in [2.24, 2.45) is 28.4 Å². The third-order valence-electron chi connectivity index (χ3n) is 9.33. The standard InChI is InChI=1S/C23H29NO4.C14H25NO2/c1-4-28-22(27)19-17(14-15-10-12-23(2,3)13-11-15)24-21(26)18(20(19)25)16-8-6-5-7-9-16;1-4-17-13(16)10-12(15)9-11-5-7-14(2,3)8-6-11/h5-9,15H,4,10-14H2,1-3H3,(H2,24,25,26);10-11H,4-9,15H2,1-3H3/b;12-10+. The lowest BCUT2D eigenvalue weighted by atomic mass is 9.72. The third-order valence-corrected chi connectivity index (χ3v) is 9.33. The summed E-state index contributed by atoms with van der Waals surface area (Å²) in [7, 11) is 0. The number of rotatable bonds is 9. The minimum absolute atomic E-state index is 0.0881. The molecule has 0 amide bonds. The number of benzene rings is 1. The predicted molar refractivity (Wildman–Crippen MR) is 179 cm³/mol. The number of hydrogen-bond acceptors (Lipinski definition) is 7. The maximum atomic E-state index is 12.8. The van der Waals surface area contributed by atoms with Gasteiger partial charge in [-0.1, -0.05) is 58.0 Å². The highest BCUT2D eigenvalue weighted by Gasteiger charge is 2.31. The van der Waals surface area contributed by atoms with Gasteiger partial charge in [0.05, 0.1) is 18.8 Å². The summed E-state index contributed by atoms with van der Waals surface area (Å²) in [6.07, 6.45) is 12.1. The maximum Gasteiger partial charge on any atom is 0.343 e. The number of H-pyrrole nitrogens is 1. The largest absolute Gasteiger partial charge is 0.506 e. The minimum Gasteiger partial charge on any atom is -0.506 e. The van der Waals surface area contributed by atoms with E-state index in [0.29, 0.717) is 52.6 Å². The van der Waals surface area contributed by atoms with E-state index in [9.17, 15) is 19.5 Å². The van der Waals surface area contributed by atoms with Gasteiger partial charge >= 0.3 is 11.9 Å². The van der Waals surface area contributed by atoms with Crippen molar-refractivity contribution in [1.82, 2.24) is 4.98 Å². The van der Waals surface area contributed by atoms with Gasteiger partial charge in [0.1, 0.15) is 11.3 Å². The number of hydrogen-bond donors (Lipinski definition) is 3. The maximum absolute atomic E-state index is 12.8. The highest BCUT2D eigenvalue weighted by atomic mass is 16.5. The van der Waals surface area contributed by atoms with Crippen LogP contribution in [-0.4, -0.2) is 35.2 Å². The fourth-order valence-corrected chi connectivity index (χ4v) is 6.43. The van der Waals surface area contributed by atoms with Crippen molar-refractivity contribution in [3.05, 3.63) is 63.7 Å². The third kappa shape index (κ3) is 10.8. The lowest BCUT2D eigenvalue weighted by Gasteiger charge is -2.34. The van der Waals surface area contributed by atoms with Crippen LogP contribution in [0.15, 0.2) is 46.9 Å². The van der Waals surface area contributed by atoms with Gasteiger partial charge in [-0.25, -0.2) is 9.59 Å². The molecule has 1 heterocycles. The van der Waals surface area contributed by atoms with Gasteiger partial charge in [0, 0.05) is 17.5 Å². The Kier molecular flexibility index (Phi) is 12.9. The summed E-state index contributed by atoms with van der Waals surface area (Å²) in [5.74, 6) is -0.201. The van der Waals surface area contributed by atoms with Crippen LogP contribution >= 0.6 is 0 Å². The Bertz CT molecular complexity index is 1360. The molecule has 4 N–H and O–H groups in total. The fourth-order valence-electron chi connectivity index (χ4n) is 6.43. The Balaban J connectivity index is 0.000000279. The van der Waals surface area contributed by atoms with E-state index in [0.717, 1.165) is 32.1 Å². The fraction of sp³-hybridized carbons (Fsp3) is 0.595. The van der Waals surface area contributed by atoms with Crippen molar-refractivity contribution < 1.29 is 24.2 Å². The second-order valence-electron chi connectivity index (χ2n) is 14.2. The summed E-state index contributed by atoms with van der Waals surface area (Å²) < 4.78 is 10.0. The highest BCUT2D eigenvalue weighted by Crippen LogP contribution is 2.41. The molecule has 45 heavy (non-hydrogen) atoms. The summed E-state index contributed by atoms with van der Waals surface area (Å²) >= 11 is 0. The van der Waals surface area contributed by atoms with Crippen LogP contribution in [0.25, 0.3) is 11.1 Å². The zero-order chi connectivity index (χ0) is 33.2. The quantitative estimate of drug-likeness (QED) is 0.193. The Morgan fingerprint density at radius 3 is 1.98 bits per heavy atom. The van der Waals surface area contributed by atoms with Gasteiger partial charge in [-0.15, -0.1) is 0 Å². The first-order chi connectivity index (χ1) is 21.2. The van der Waals surface area contributed by atoms with E-state index in [1.54, 1.807) is 38.1 Å². The molecule has 0 saturated heterocycles. The predicted octanol–water partition coefficient (Wildman–Crippen LogP) is 7.68. The first kappa shape index (κ1) is 35.9. The van der Waals surface area contributed by atoms with Gasteiger partial charge in [-0.05, 0) is 106 Å². The van der Waals surface area contributed by atoms with Crippen LogP contribution in [0.5, 0.6) is 5.75 Å². The van der Waals surface area contributed by atoms with Crippen molar-refractivity contribution in [1.29, 1.82) is 0 Å². The zero-order valence-corrected chi connectivity index (χ0v) is 28.2. The molecule has 8 nitrogen and oxygen atoms in total. The van der Waals surface area contributed by atoms with Crippen molar-refractivity contribution in [2.45, 2.75) is 106 Å². The van der Waals surface area contributed by atoms with Crippen LogP contribution in [-0.2, 0) is 20.7 Å². The average Bonchev–Trinajstić information content (AvgIpc) is 2.96. The Labute approximate surface area is 268 Å². The molecular weight excluding hydrogens is 568 g/mol.